The number of nitrogens with zero attached hydrogens (tertiary/aromatic N) is 5. The van der Waals surface area contributed by atoms with E-state index < -0.39 is 16.9 Å². The molecular formula is C32H37Cl2N7O3. The molecule has 1 fully saturated rings. The number of aromatic nitrogens is 2. The monoisotopic (exact) mass is 637 g/mol. The first-order valence-electron chi connectivity index (χ1n) is 14.3. The van der Waals surface area contributed by atoms with Gasteiger partial charge in [-0.25, -0.2) is 14.8 Å². The lowest BCUT2D eigenvalue weighted by molar-refractivity contribution is 0.217. The molecule has 1 saturated heterocycles. The Labute approximate surface area is 268 Å². The van der Waals surface area contributed by atoms with Crippen molar-refractivity contribution in [3.8, 4) is 0 Å². The molecule has 2 aliphatic rings. The number of carbonyl (C=O) groups excluding carboxylic acids is 1. The molecule has 1 aromatic heterocycles. The Morgan fingerprint density at radius 3 is 2.41 bits per heavy atom. The van der Waals surface area contributed by atoms with Crippen LogP contribution in [0, 0.1) is 0 Å². The molecule has 1 aliphatic carbocycles. The molecule has 2 heterocycles. The number of urea groups is 1. The number of anilines is 4. The van der Waals surface area contributed by atoms with Crippen LogP contribution in [0.5, 0.6) is 0 Å². The van der Waals surface area contributed by atoms with Crippen LogP contribution >= 0.6 is 23.2 Å². The predicted octanol–water partition coefficient (Wildman–Crippen LogP) is 5.70. The lowest BCUT2D eigenvalue weighted by Crippen LogP contribution is -2.54. The van der Waals surface area contributed by atoms with Crippen molar-refractivity contribution in [2.75, 3.05) is 62.6 Å². The van der Waals surface area contributed by atoms with E-state index in [0.717, 1.165) is 38.4 Å². The lowest BCUT2D eigenvalue weighted by Gasteiger charge is -2.37. The summed E-state index contributed by atoms with van der Waals surface area (Å²) in [5.41, 5.74) is 3.40. The number of alkyl halides is 1. The molecule has 232 valence electrons. The van der Waals surface area contributed by atoms with Crippen molar-refractivity contribution in [3.05, 3.63) is 95.2 Å². The van der Waals surface area contributed by atoms with Crippen molar-refractivity contribution in [2.24, 2.45) is 0 Å². The van der Waals surface area contributed by atoms with Crippen LogP contribution in [-0.2, 0) is 16.0 Å². The number of halogens is 2. The minimum absolute atomic E-state index is 0.259. The van der Waals surface area contributed by atoms with E-state index in [1.165, 1.54) is 36.7 Å². The molecule has 0 saturated carbocycles. The first-order valence-corrected chi connectivity index (χ1v) is 15.1. The summed E-state index contributed by atoms with van der Waals surface area (Å²) >= 11 is 13.3. The second kappa shape index (κ2) is 13.8. The molecule has 0 bridgehead atoms. The van der Waals surface area contributed by atoms with Crippen LogP contribution in [0.15, 0.2) is 89.6 Å². The van der Waals surface area contributed by atoms with Gasteiger partial charge in [0, 0.05) is 63.3 Å². The molecule has 2 N–H and O–H groups in total. The van der Waals surface area contributed by atoms with Crippen molar-refractivity contribution in [1.82, 2.24) is 20.2 Å². The number of allylic oxidation sites excluding steroid dienone is 1. The SMILES string of the molecule is COC1=CC(OC)=C(Cl)C(NC(=O)N(C)c2cc(Nc3ccc(N4CCN(Cc5ccccc5)CC4)cc3)ncn2)C1(C)Cl. The van der Waals surface area contributed by atoms with Gasteiger partial charge in [0.1, 0.15) is 34.4 Å². The number of amides is 2. The van der Waals surface area contributed by atoms with Crippen LogP contribution in [0.4, 0.5) is 27.8 Å². The Morgan fingerprint density at radius 1 is 1.05 bits per heavy atom. The number of benzene rings is 2. The second-order valence-electron chi connectivity index (χ2n) is 10.8. The van der Waals surface area contributed by atoms with Gasteiger partial charge < -0.3 is 25.0 Å². The van der Waals surface area contributed by atoms with Crippen molar-refractivity contribution < 1.29 is 14.3 Å². The van der Waals surface area contributed by atoms with Crippen LogP contribution in [0.1, 0.15) is 12.5 Å². The summed E-state index contributed by atoms with van der Waals surface area (Å²) in [6.07, 6.45) is 3.02. The topological polar surface area (TPSA) is 95.1 Å². The average Bonchev–Trinajstić information content (AvgIpc) is 3.04. The Kier molecular flexibility index (Phi) is 9.83. The smallest absolute Gasteiger partial charge is 0.323 e. The lowest BCUT2D eigenvalue weighted by atomic mass is 9.92. The minimum atomic E-state index is -1.13. The third kappa shape index (κ3) is 7.04. The van der Waals surface area contributed by atoms with E-state index >= 15 is 0 Å². The van der Waals surface area contributed by atoms with Gasteiger partial charge in [0.25, 0.3) is 0 Å². The van der Waals surface area contributed by atoms with Crippen molar-refractivity contribution in [2.45, 2.75) is 24.4 Å². The van der Waals surface area contributed by atoms with E-state index in [1.807, 2.05) is 12.1 Å². The number of ether oxygens (including phenoxy) is 2. The Balaban J connectivity index is 1.18. The maximum Gasteiger partial charge on any atom is 0.323 e. The summed E-state index contributed by atoms with van der Waals surface area (Å²) in [5, 5.41) is 6.45. The van der Waals surface area contributed by atoms with Crippen molar-refractivity contribution >= 4 is 52.2 Å². The van der Waals surface area contributed by atoms with E-state index in [-0.39, 0.29) is 5.03 Å². The van der Waals surface area contributed by atoms with Crippen molar-refractivity contribution in [1.29, 1.82) is 0 Å². The van der Waals surface area contributed by atoms with E-state index in [0.29, 0.717) is 23.2 Å². The maximum absolute atomic E-state index is 13.3. The standard InChI is InChI=1S/C32H37Cl2N7O3/c1-32(34)26(44-4)18-25(43-3)29(33)30(32)38-31(42)39(2)28-19-27(35-21-36-28)37-23-10-12-24(13-11-23)41-16-14-40(15-17-41)20-22-8-6-5-7-9-22/h5-13,18-19,21,30H,14-17,20H2,1-4H3,(H,38,42)(H,35,36,37). The molecule has 2 amide bonds. The van der Waals surface area contributed by atoms with E-state index in [4.69, 9.17) is 32.7 Å². The zero-order valence-electron chi connectivity index (χ0n) is 25.3. The molecule has 5 rings (SSSR count). The fourth-order valence-corrected chi connectivity index (χ4v) is 6.05. The van der Waals surface area contributed by atoms with Gasteiger partial charge in [0.15, 0.2) is 0 Å². The summed E-state index contributed by atoms with van der Waals surface area (Å²) in [6.45, 7) is 6.69. The van der Waals surface area contributed by atoms with Crippen LogP contribution < -0.4 is 20.4 Å². The molecular weight excluding hydrogens is 601 g/mol. The molecule has 12 heteroatoms. The molecule has 2 unspecified atom stereocenters. The van der Waals surface area contributed by atoms with Crippen LogP contribution in [0.3, 0.4) is 0 Å². The molecule has 3 aromatic rings. The highest BCUT2D eigenvalue weighted by molar-refractivity contribution is 6.34. The molecule has 1 aliphatic heterocycles. The van der Waals surface area contributed by atoms with E-state index in [2.05, 4.69) is 72.9 Å². The van der Waals surface area contributed by atoms with E-state index in [9.17, 15) is 4.79 Å². The van der Waals surface area contributed by atoms with Gasteiger partial charge in [0.05, 0.1) is 25.3 Å². The van der Waals surface area contributed by atoms with Gasteiger partial charge in [-0.05, 0) is 36.8 Å². The molecule has 2 aromatic carbocycles. The van der Waals surface area contributed by atoms with Gasteiger partial charge in [0.2, 0.25) is 0 Å². The normalized spacial score (nSPS) is 20.5. The molecule has 2 atom stereocenters. The van der Waals surface area contributed by atoms with Gasteiger partial charge in [-0.2, -0.15) is 0 Å². The number of methoxy groups -OCH3 is 2. The number of hydrogen-bond donors (Lipinski definition) is 2. The predicted molar refractivity (Wildman–Crippen MR) is 176 cm³/mol. The largest absolute Gasteiger partial charge is 0.499 e. The Morgan fingerprint density at radius 2 is 1.75 bits per heavy atom. The number of rotatable bonds is 9. The Bertz CT molecular complexity index is 1510. The zero-order valence-corrected chi connectivity index (χ0v) is 26.8. The number of piperazine rings is 1. The first-order chi connectivity index (χ1) is 21.2. The van der Waals surface area contributed by atoms with Gasteiger partial charge in [-0.1, -0.05) is 41.9 Å². The number of carbonyl (C=O) groups is 1. The Hall–Kier alpha value is -3.99. The quantitative estimate of drug-likeness (QED) is 0.289. The third-order valence-corrected chi connectivity index (χ3v) is 8.72. The summed E-state index contributed by atoms with van der Waals surface area (Å²) in [7, 11) is 4.59. The highest BCUT2D eigenvalue weighted by atomic mass is 35.5. The minimum Gasteiger partial charge on any atom is -0.499 e. The highest BCUT2D eigenvalue weighted by Crippen LogP contribution is 2.40. The summed E-state index contributed by atoms with van der Waals surface area (Å²) in [6, 6.07) is 19.3. The van der Waals surface area contributed by atoms with Crippen LogP contribution in [0.2, 0.25) is 0 Å². The molecule has 0 spiro atoms. The average molecular weight is 639 g/mol. The summed E-state index contributed by atoms with van der Waals surface area (Å²) in [4.78, 5) is 27.0. The number of hydrogen-bond acceptors (Lipinski definition) is 8. The zero-order chi connectivity index (χ0) is 31.3. The highest BCUT2D eigenvalue weighted by Gasteiger charge is 2.45. The molecule has 10 nitrogen and oxygen atoms in total. The molecule has 44 heavy (non-hydrogen) atoms. The maximum atomic E-state index is 13.3. The van der Waals surface area contributed by atoms with E-state index in [1.54, 1.807) is 26.1 Å². The summed E-state index contributed by atoms with van der Waals surface area (Å²) in [5.74, 6) is 1.70. The molecule has 0 radical (unpaired) electrons. The van der Waals surface area contributed by atoms with Gasteiger partial charge >= 0.3 is 6.03 Å². The van der Waals surface area contributed by atoms with Crippen LogP contribution in [-0.4, -0.2) is 79.3 Å². The third-order valence-electron chi connectivity index (χ3n) is 7.91. The van der Waals surface area contributed by atoms with Crippen LogP contribution in [0.25, 0.3) is 0 Å². The first kappa shape index (κ1) is 31.4. The van der Waals surface area contributed by atoms with Gasteiger partial charge in [-0.3, -0.25) is 9.80 Å². The second-order valence-corrected chi connectivity index (χ2v) is 12.0. The van der Waals surface area contributed by atoms with Gasteiger partial charge in [-0.15, -0.1) is 11.6 Å². The van der Waals surface area contributed by atoms with Crippen molar-refractivity contribution in [3.63, 3.8) is 0 Å². The fraction of sp³-hybridized carbons (Fsp3) is 0.344. The fourth-order valence-electron chi connectivity index (χ4n) is 5.30. The summed E-state index contributed by atoms with van der Waals surface area (Å²) < 4.78 is 10.8. The number of nitrogens with one attached hydrogen (secondary N) is 2.